The van der Waals surface area contributed by atoms with Crippen LogP contribution in [0.3, 0.4) is 0 Å². The highest BCUT2D eigenvalue weighted by atomic mass is 15.0. The number of fused-ring (bicyclic) bond motifs is 6. The number of para-hydroxylation sites is 5. The van der Waals surface area contributed by atoms with E-state index >= 15 is 0 Å². The van der Waals surface area contributed by atoms with Crippen LogP contribution < -0.4 is 0 Å². The van der Waals surface area contributed by atoms with Crippen LogP contribution in [0.15, 0.2) is 133 Å². The van der Waals surface area contributed by atoms with Crippen molar-refractivity contribution in [2.45, 2.75) is 0 Å². The number of nitrogens with zero attached hydrogens (tertiary/aromatic N) is 4. The van der Waals surface area contributed by atoms with E-state index in [1.54, 1.807) is 0 Å². The molecule has 0 N–H and O–H groups in total. The van der Waals surface area contributed by atoms with Crippen molar-refractivity contribution >= 4 is 43.6 Å². The van der Waals surface area contributed by atoms with Gasteiger partial charge in [0.25, 0.3) is 0 Å². The van der Waals surface area contributed by atoms with Crippen LogP contribution in [-0.4, -0.2) is 9.13 Å². The van der Waals surface area contributed by atoms with Crippen LogP contribution in [0, 0.1) is 22.7 Å². The topological polar surface area (TPSA) is 57.4 Å². The summed E-state index contributed by atoms with van der Waals surface area (Å²) in [5.74, 6) is 0. The minimum absolute atomic E-state index is 0.617. The third kappa shape index (κ3) is 3.33. The van der Waals surface area contributed by atoms with Crippen LogP contribution in [0.4, 0.5) is 0 Å². The van der Waals surface area contributed by atoms with Crippen LogP contribution in [0.5, 0.6) is 0 Å². The van der Waals surface area contributed by atoms with Gasteiger partial charge >= 0.3 is 0 Å². The minimum atomic E-state index is 0.617. The minimum Gasteiger partial charge on any atom is -0.309 e. The lowest BCUT2D eigenvalue weighted by Gasteiger charge is -2.15. The summed E-state index contributed by atoms with van der Waals surface area (Å²) >= 11 is 0. The summed E-state index contributed by atoms with van der Waals surface area (Å²) in [5, 5.41) is 24.3. The summed E-state index contributed by atoms with van der Waals surface area (Å²) in [6.07, 6.45) is 0. The Labute approximate surface area is 242 Å². The van der Waals surface area contributed by atoms with Crippen molar-refractivity contribution in [3.05, 3.63) is 145 Å². The van der Waals surface area contributed by atoms with Crippen molar-refractivity contribution in [2.75, 3.05) is 0 Å². The van der Waals surface area contributed by atoms with E-state index < -0.39 is 0 Å². The molecule has 0 fully saturated rings. The molecule has 0 bridgehead atoms. The second-order valence-electron chi connectivity index (χ2n) is 10.4. The Hall–Kier alpha value is -6.10. The number of benzene rings is 6. The van der Waals surface area contributed by atoms with Gasteiger partial charge in [-0.15, -0.1) is 0 Å². The number of nitriles is 2. The Kier molecular flexibility index (Phi) is 5.22. The van der Waals surface area contributed by atoms with Gasteiger partial charge in [0.1, 0.15) is 6.07 Å². The Morgan fingerprint density at radius 1 is 0.452 bits per heavy atom. The van der Waals surface area contributed by atoms with Gasteiger partial charge in [-0.2, -0.15) is 10.5 Å². The molecular formula is C38H22N4. The monoisotopic (exact) mass is 534 g/mol. The number of aromatic nitrogens is 2. The summed E-state index contributed by atoms with van der Waals surface area (Å²) in [4.78, 5) is 0. The van der Waals surface area contributed by atoms with Gasteiger partial charge in [-0.05, 0) is 42.5 Å². The summed E-state index contributed by atoms with van der Waals surface area (Å²) in [6, 6.07) is 50.0. The van der Waals surface area contributed by atoms with Crippen LogP contribution in [0.25, 0.3) is 66.1 Å². The molecule has 0 atom stereocenters. The van der Waals surface area contributed by atoms with Gasteiger partial charge in [0.15, 0.2) is 0 Å². The lowest BCUT2D eigenvalue weighted by atomic mass is 9.99. The van der Waals surface area contributed by atoms with Gasteiger partial charge in [0, 0.05) is 38.4 Å². The van der Waals surface area contributed by atoms with E-state index in [2.05, 4.69) is 106 Å². The Balaban J connectivity index is 1.57. The Bertz CT molecular complexity index is 2440. The van der Waals surface area contributed by atoms with Crippen molar-refractivity contribution in [2.24, 2.45) is 0 Å². The molecule has 42 heavy (non-hydrogen) atoms. The molecule has 0 amide bonds. The fourth-order valence-electron chi connectivity index (χ4n) is 6.47. The summed E-state index contributed by atoms with van der Waals surface area (Å²) in [7, 11) is 0. The van der Waals surface area contributed by atoms with Gasteiger partial charge in [-0.1, -0.05) is 91.0 Å². The fraction of sp³-hybridized carbons (Fsp3) is 0. The highest BCUT2D eigenvalue weighted by molar-refractivity contribution is 6.19. The quantitative estimate of drug-likeness (QED) is 0.227. The predicted molar refractivity (Wildman–Crippen MR) is 170 cm³/mol. The van der Waals surface area contributed by atoms with Crippen molar-refractivity contribution in [3.63, 3.8) is 0 Å². The van der Waals surface area contributed by atoms with Gasteiger partial charge in [-0.3, -0.25) is 0 Å². The fourth-order valence-corrected chi connectivity index (χ4v) is 6.47. The molecule has 0 radical (unpaired) electrons. The first kappa shape index (κ1) is 23.8. The van der Waals surface area contributed by atoms with E-state index in [0.717, 1.165) is 66.1 Å². The molecule has 0 unspecified atom stereocenters. The predicted octanol–water partition coefficient (Wildman–Crippen LogP) is 9.29. The van der Waals surface area contributed by atoms with Gasteiger partial charge in [0.05, 0.1) is 45.0 Å². The average Bonchev–Trinajstić information content (AvgIpc) is 3.58. The van der Waals surface area contributed by atoms with E-state index in [9.17, 15) is 10.5 Å². The molecule has 2 heterocycles. The summed E-state index contributed by atoms with van der Waals surface area (Å²) in [5.41, 5.74) is 9.45. The van der Waals surface area contributed by atoms with Crippen molar-refractivity contribution in [1.82, 2.24) is 9.13 Å². The van der Waals surface area contributed by atoms with Gasteiger partial charge < -0.3 is 9.13 Å². The average molecular weight is 535 g/mol. The molecule has 0 saturated carbocycles. The molecule has 0 saturated heterocycles. The summed E-state index contributed by atoms with van der Waals surface area (Å²) in [6.45, 7) is 0. The molecule has 0 aliphatic rings. The zero-order valence-electron chi connectivity index (χ0n) is 22.5. The third-order valence-electron chi connectivity index (χ3n) is 8.18. The Morgan fingerprint density at radius 2 is 1.00 bits per heavy atom. The molecule has 6 aromatic carbocycles. The largest absolute Gasteiger partial charge is 0.309 e. The van der Waals surface area contributed by atoms with Crippen LogP contribution in [0.1, 0.15) is 11.1 Å². The highest BCUT2D eigenvalue weighted by Crippen LogP contribution is 2.43. The number of hydrogen-bond donors (Lipinski definition) is 0. The molecule has 194 valence electrons. The molecule has 4 heteroatoms. The van der Waals surface area contributed by atoms with Gasteiger partial charge in [0.2, 0.25) is 0 Å². The lowest BCUT2D eigenvalue weighted by Crippen LogP contribution is -2.00. The van der Waals surface area contributed by atoms with E-state index in [-0.39, 0.29) is 0 Å². The maximum Gasteiger partial charge on any atom is 0.101 e. The first-order valence-electron chi connectivity index (χ1n) is 13.8. The first-order valence-corrected chi connectivity index (χ1v) is 13.8. The van der Waals surface area contributed by atoms with Gasteiger partial charge in [-0.25, -0.2) is 0 Å². The first-order chi connectivity index (χ1) is 20.8. The smallest absolute Gasteiger partial charge is 0.101 e. The van der Waals surface area contributed by atoms with Crippen molar-refractivity contribution in [1.29, 1.82) is 10.5 Å². The van der Waals surface area contributed by atoms with E-state index in [0.29, 0.717) is 11.1 Å². The number of hydrogen-bond acceptors (Lipinski definition) is 2. The second-order valence-corrected chi connectivity index (χ2v) is 10.4. The second kappa shape index (κ2) is 9.24. The molecule has 8 aromatic rings. The third-order valence-corrected chi connectivity index (χ3v) is 8.18. The Morgan fingerprint density at radius 3 is 1.67 bits per heavy atom. The molecular weight excluding hydrogens is 512 g/mol. The molecule has 0 spiro atoms. The van der Waals surface area contributed by atoms with Crippen molar-refractivity contribution < 1.29 is 0 Å². The molecule has 8 rings (SSSR count). The number of rotatable bonds is 3. The normalized spacial score (nSPS) is 11.3. The van der Waals surface area contributed by atoms with Crippen LogP contribution in [0.2, 0.25) is 0 Å². The lowest BCUT2D eigenvalue weighted by molar-refractivity contribution is 1.16. The molecule has 4 nitrogen and oxygen atoms in total. The van der Waals surface area contributed by atoms with E-state index in [4.69, 9.17) is 0 Å². The molecule has 2 aromatic heterocycles. The maximum atomic E-state index is 10.1. The standard InChI is InChI=1S/C38H22N4/c39-23-25-10-7-12-27(22-25)41-35-20-5-2-13-28(35)30-15-8-17-32(37(30)41)33-18-9-16-31-29-14-3-6-21-36(29)42(38(31)33)34-19-4-1-11-26(34)24-40/h1-22H. The zero-order chi connectivity index (χ0) is 28.2. The molecule has 0 aliphatic heterocycles. The van der Waals surface area contributed by atoms with E-state index in [1.165, 1.54) is 0 Å². The SMILES string of the molecule is N#Cc1cccc(-n2c3ccccc3c3cccc(-c4cccc5c6ccccc6n(-c6ccccc6C#N)c45)c32)c1. The summed E-state index contributed by atoms with van der Waals surface area (Å²) < 4.78 is 4.51. The maximum absolute atomic E-state index is 10.1. The van der Waals surface area contributed by atoms with Crippen molar-refractivity contribution in [3.8, 4) is 34.6 Å². The highest BCUT2D eigenvalue weighted by Gasteiger charge is 2.21. The van der Waals surface area contributed by atoms with E-state index in [1.807, 2.05) is 48.5 Å². The molecule has 0 aliphatic carbocycles. The van der Waals surface area contributed by atoms with Crippen LogP contribution in [-0.2, 0) is 0 Å². The zero-order valence-corrected chi connectivity index (χ0v) is 22.5. The van der Waals surface area contributed by atoms with Crippen LogP contribution >= 0.6 is 0 Å².